The Kier molecular flexibility index (Phi) is 4.97. The van der Waals surface area contributed by atoms with Crippen molar-refractivity contribution in [1.29, 1.82) is 11.1 Å². The normalized spacial score (nSPS) is 8.67. The van der Waals surface area contributed by atoms with Crippen LogP contribution in [-0.4, -0.2) is 5.91 Å². The van der Waals surface area contributed by atoms with Gasteiger partial charge in [0, 0.05) is 5.56 Å². The Labute approximate surface area is 104 Å². The minimum atomic E-state index is -0.394. The molecule has 0 aromatic heterocycles. The molecule has 1 amide bonds. The van der Waals surface area contributed by atoms with Crippen molar-refractivity contribution in [3.05, 3.63) is 60.2 Å². The molecule has 0 aliphatic rings. The third-order valence-corrected chi connectivity index (χ3v) is 2.28. The minimum Gasteiger partial charge on any atom is -0.366 e. The summed E-state index contributed by atoms with van der Waals surface area (Å²) in [6, 6.07) is 17.1. The van der Waals surface area contributed by atoms with Crippen LogP contribution in [0.3, 0.4) is 0 Å². The fraction of sp³-hybridized carbons (Fsp3) is 0. The first-order valence-electron chi connectivity index (χ1n) is 5.18. The van der Waals surface area contributed by atoms with E-state index < -0.39 is 5.91 Å². The second-order valence-electron chi connectivity index (χ2n) is 3.39. The summed E-state index contributed by atoms with van der Waals surface area (Å²) in [6.45, 7) is 0. The standard InChI is InChI=1S/C13H11NO.H2N3/c14-13(15)12-9-5-4-8-11(12)10-6-2-1-3-7-10;1-3-2/h1-9H,(H2,14,15);1-2H/q;+1. The van der Waals surface area contributed by atoms with Crippen molar-refractivity contribution in [2.24, 2.45) is 5.73 Å². The molecule has 2 aromatic carbocycles. The lowest BCUT2D eigenvalue weighted by molar-refractivity contribution is 0.100. The van der Waals surface area contributed by atoms with Crippen LogP contribution in [0.2, 0.25) is 0 Å². The summed E-state index contributed by atoms with van der Waals surface area (Å²) in [4.78, 5) is 13.2. The Bertz CT molecular complexity index is 560. The first kappa shape index (κ1) is 13.3. The maximum Gasteiger partial charge on any atom is 0.249 e. The summed E-state index contributed by atoms with van der Waals surface area (Å²) < 4.78 is 0. The van der Waals surface area contributed by atoms with Gasteiger partial charge in [0.05, 0.1) is 0 Å². The zero-order valence-corrected chi connectivity index (χ0v) is 9.63. The molecule has 0 aliphatic carbocycles. The molecular formula is C13H13N4O+. The van der Waals surface area contributed by atoms with Crippen molar-refractivity contribution < 1.29 is 4.79 Å². The van der Waals surface area contributed by atoms with Crippen LogP contribution in [0.5, 0.6) is 0 Å². The molecular weight excluding hydrogens is 228 g/mol. The molecule has 0 saturated heterocycles. The number of nitrogens with two attached hydrogens (primary N) is 1. The molecule has 0 aliphatic heterocycles. The molecule has 2 rings (SSSR count). The first-order chi connectivity index (χ1) is 8.70. The van der Waals surface area contributed by atoms with Crippen LogP contribution in [0.15, 0.2) is 54.6 Å². The Morgan fingerprint density at radius 3 is 2.00 bits per heavy atom. The smallest absolute Gasteiger partial charge is 0.249 e. The van der Waals surface area contributed by atoms with Gasteiger partial charge < -0.3 is 5.73 Å². The first-order valence-corrected chi connectivity index (χ1v) is 5.18. The number of nitrogens with one attached hydrogen (secondary N) is 2. The van der Waals surface area contributed by atoms with Crippen molar-refractivity contribution in [1.82, 2.24) is 4.91 Å². The second kappa shape index (κ2) is 6.73. The van der Waals surface area contributed by atoms with Crippen molar-refractivity contribution in [3.63, 3.8) is 0 Å². The average molecular weight is 241 g/mol. The summed E-state index contributed by atoms with van der Waals surface area (Å²) in [5.41, 5.74) is 18.8. The summed E-state index contributed by atoms with van der Waals surface area (Å²) in [5.74, 6) is -0.394. The highest BCUT2D eigenvalue weighted by molar-refractivity contribution is 5.99. The predicted molar refractivity (Wildman–Crippen MR) is 68.0 cm³/mol. The van der Waals surface area contributed by atoms with E-state index in [-0.39, 0.29) is 0 Å². The highest BCUT2D eigenvalue weighted by Crippen LogP contribution is 2.22. The summed E-state index contributed by atoms with van der Waals surface area (Å²) in [7, 11) is 0. The number of benzene rings is 2. The van der Waals surface area contributed by atoms with Crippen molar-refractivity contribution in [3.8, 4) is 11.1 Å². The second-order valence-corrected chi connectivity index (χ2v) is 3.39. The van der Waals surface area contributed by atoms with E-state index >= 15 is 0 Å². The van der Waals surface area contributed by atoms with E-state index in [1.54, 1.807) is 6.07 Å². The molecule has 0 saturated carbocycles. The number of hydrogen-bond donors (Lipinski definition) is 3. The number of primary amides is 1. The van der Waals surface area contributed by atoms with E-state index in [2.05, 4.69) is 0 Å². The highest BCUT2D eigenvalue weighted by atomic mass is 16.1. The lowest BCUT2D eigenvalue weighted by Gasteiger charge is -2.05. The minimum absolute atomic E-state index is 0.394. The third kappa shape index (κ3) is 3.37. The SMILES string of the molecule is N=[N+]=N.NC(=O)c1ccccc1-c1ccccc1. The molecule has 5 nitrogen and oxygen atoms in total. The maximum absolute atomic E-state index is 11.2. The average Bonchev–Trinajstić information content (AvgIpc) is 2.40. The molecule has 0 bridgehead atoms. The van der Waals surface area contributed by atoms with E-state index in [1.165, 1.54) is 0 Å². The predicted octanol–water partition coefficient (Wildman–Crippen LogP) is 2.57. The van der Waals surface area contributed by atoms with Crippen LogP contribution in [0, 0.1) is 11.1 Å². The third-order valence-electron chi connectivity index (χ3n) is 2.28. The largest absolute Gasteiger partial charge is 0.366 e. The molecule has 0 atom stereocenters. The van der Waals surface area contributed by atoms with Crippen LogP contribution >= 0.6 is 0 Å². The van der Waals surface area contributed by atoms with E-state index in [9.17, 15) is 4.79 Å². The Morgan fingerprint density at radius 2 is 1.44 bits per heavy atom. The number of rotatable bonds is 2. The molecule has 0 radical (unpaired) electrons. The van der Waals surface area contributed by atoms with Gasteiger partial charge in [-0.25, -0.2) is 0 Å². The molecule has 0 fully saturated rings. The highest BCUT2D eigenvalue weighted by Gasteiger charge is 2.07. The Balaban J connectivity index is 0.000000492. The van der Waals surface area contributed by atoms with Gasteiger partial charge in [-0.15, -0.1) is 0 Å². The molecule has 0 heterocycles. The summed E-state index contributed by atoms with van der Waals surface area (Å²) in [5, 5.41) is 0. The molecule has 5 heteroatoms. The van der Waals surface area contributed by atoms with Gasteiger partial charge in [0.2, 0.25) is 10.8 Å². The fourth-order valence-electron chi connectivity index (χ4n) is 1.57. The fourth-order valence-corrected chi connectivity index (χ4v) is 1.57. The molecule has 0 spiro atoms. The summed E-state index contributed by atoms with van der Waals surface area (Å²) in [6.07, 6.45) is 0. The van der Waals surface area contributed by atoms with Crippen LogP contribution < -0.4 is 10.6 Å². The van der Waals surface area contributed by atoms with Gasteiger partial charge in [-0.2, -0.15) is 0 Å². The number of hydrogen-bond acceptors (Lipinski definition) is 3. The van der Waals surface area contributed by atoms with Gasteiger partial charge in [-0.1, -0.05) is 48.5 Å². The van der Waals surface area contributed by atoms with E-state index in [0.29, 0.717) is 5.56 Å². The number of carbonyl (C=O) groups excluding carboxylic acids is 1. The van der Waals surface area contributed by atoms with Crippen molar-refractivity contribution >= 4 is 5.91 Å². The van der Waals surface area contributed by atoms with Gasteiger partial charge in [-0.05, 0) is 17.2 Å². The van der Waals surface area contributed by atoms with E-state index in [4.69, 9.17) is 16.8 Å². The van der Waals surface area contributed by atoms with E-state index in [1.807, 2.05) is 53.4 Å². The monoisotopic (exact) mass is 241 g/mol. The van der Waals surface area contributed by atoms with Crippen molar-refractivity contribution in [2.75, 3.05) is 0 Å². The quantitative estimate of drug-likeness (QED) is 0.545. The van der Waals surface area contributed by atoms with Crippen LogP contribution in [0.1, 0.15) is 10.4 Å². The van der Waals surface area contributed by atoms with E-state index in [0.717, 1.165) is 11.1 Å². The Morgan fingerprint density at radius 1 is 0.944 bits per heavy atom. The topological polar surface area (TPSA) is 105 Å². The number of amides is 1. The Hall–Kier alpha value is -2.78. The molecule has 4 N–H and O–H groups in total. The maximum atomic E-state index is 11.2. The van der Waals surface area contributed by atoms with Crippen LogP contribution in [-0.2, 0) is 0 Å². The zero-order chi connectivity index (χ0) is 13.4. The van der Waals surface area contributed by atoms with Gasteiger partial charge in [0.25, 0.3) is 0 Å². The summed E-state index contributed by atoms with van der Waals surface area (Å²) >= 11 is 0. The van der Waals surface area contributed by atoms with Gasteiger partial charge >= 0.3 is 0 Å². The molecule has 90 valence electrons. The lowest BCUT2D eigenvalue weighted by atomic mass is 9.99. The molecule has 18 heavy (non-hydrogen) atoms. The molecule has 2 aromatic rings. The van der Waals surface area contributed by atoms with Gasteiger partial charge in [0.15, 0.2) is 0 Å². The van der Waals surface area contributed by atoms with Crippen molar-refractivity contribution in [2.45, 2.75) is 0 Å². The molecule has 0 unspecified atom stereocenters. The van der Waals surface area contributed by atoms with Crippen LogP contribution in [0.4, 0.5) is 0 Å². The van der Waals surface area contributed by atoms with Crippen LogP contribution in [0.25, 0.3) is 11.1 Å². The number of nitrogens with zero attached hydrogens (tertiary/aromatic N) is 1. The van der Waals surface area contributed by atoms with Gasteiger partial charge in [-0.3, -0.25) is 4.79 Å². The lowest BCUT2D eigenvalue weighted by Crippen LogP contribution is -2.12. The number of carbonyl (C=O) groups is 1. The zero-order valence-electron chi connectivity index (χ0n) is 9.63. The van der Waals surface area contributed by atoms with Gasteiger partial charge in [0.1, 0.15) is 11.1 Å².